The molecule has 0 amide bonds. The van der Waals surface area contributed by atoms with Crippen molar-refractivity contribution in [2.75, 3.05) is 25.6 Å². The quantitative estimate of drug-likeness (QED) is 0.840. The van der Waals surface area contributed by atoms with Crippen molar-refractivity contribution in [1.29, 1.82) is 0 Å². The zero-order chi connectivity index (χ0) is 13.8. The van der Waals surface area contributed by atoms with Gasteiger partial charge in [0.05, 0.1) is 17.2 Å². The van der Waals surface area contributed by atoms with Gasteiger partial charge in [-0.25, -0.2) is 8.42 Å². The van der Waals surface area contributed by atoms with Crippen LogP contribution in [0.3, 0.4) is 0 Å². The number of rotatable bonds is 5. The van der Waals surface area contributed by atoms with E-state index in [-0.39, 0.29) is 18.8 Å². The number of nitrogens with one attached hydrogen (secondary N) is 1. The van der Waals surface area contributed by atoms with E-state index in [1.807, 2.05) is 0 Å². The van der Waals surface area contributed by atoms with Crippen LogP contribution in [-0.2, 0) is 14.6 Å². The van der Waals surface area contributed by atoms with Crippen LogP contribution in [0.2, 0.25) is 0 Å². The first kappa shape index (κ1) is 14.8. The molecule has 0 bridgehead atoms. The number of hydrogen-bond donors (Lipinski definition) is 1. The number of para-hydroxylation sites is 1. The van der Waals surface area contributed by atoms with Gasteiger partial charge in [0.25, 0.3) is 9.84 Å². The topological polar surface area (TPSA) is 55.4 Å². The maximum Gasteiger partial charge on any atom is 0.501 e. The zero-order valence-corrected chi connectivity index (χ0v) is 10.3. The molecule has 0 unspecified atom stereocenters. The highest BCUT2D eigenvalue weighted by molar-refractivity contribution is 7.92. The molecule has 0 heterocycles. The molecule has 0 atom stereocenters. The molecule has 1 aromatic carbocycles. The number of benzene rings is 1. The van der Waals surface area contributed by atoms with Crippen molar-refractivity contribution in [2.24, 2.45) is 0 Å². The fourth-order valence-corrected chi connectivity index (χ4v) is 2.20. The summed E-state index contributed by atoms with van der Waals surface area (Å²) < 4.78 is 64.7. The van der Waals surface area contributed by atoms with Gasteiger partial charge in [-0.3, -0.25) is 0 Å². The summed E-state index contributed by atoms with van der Waals surface area (Å²) in [6.45, 7) is 0.460. The third-order valence-corrected chi connectivity index (χ3v) is 3.65. The molecule has 18 heavy (non-hydrogen) atoms. The average molecular weight is 283 g/mol. The lowest BCUT2D eigenvalue weighted by Crippen LogP contribution is -2.24. The summed E-state index contributed by atoms with van der Waals surface area (Å²) in [6.07, 6.45) is 0. The third kappa shape index (κ3) is 3.14. The number of sulfone groups is 1. The highest BCUT2D eigenvalue weighted by Crippen LogP contribution is 2.33. The van der Waals surface area contributed by atoms with Gasteiger partial charge in [0.2, 0.25) is 0 Å². The van der Waals surface area contributed by atoms with Crippen LogP contribution in [0.4, 0.5) is 18.9 Å². The molecular weight excluding hydrogens is 271 g/mol. The predicted octanol–water partition coefficient (Wildman–Crippen LogP) is 2.04. The van der Waals surface area contributed by atoms with E-state index >= 15 is 0 Å². The fourth-order valence-electron chi connectivity index (χ4n) is 1.26. The van der Waals surface area contributed by atoms with Gasteiger partial charge in [0, 0.05) is 13.7 Å². The van der Waals surface area contributed by atoms with Crippen LogP contribution in [0.5, 0.6) is 0 Å². The molecule has 8 heteroatoms. The fraction of sp³-hybridized carbons (Fsp3) is 0.400. The Hall–Kier alpha value is -1.28. The number of halogens is 3. The van der Waals surface area contributed by atoms with Crippen molar-refractivity contribution in [1.82, 2.24) is 0 Å². The highest BCUT2D eigenvalue weighted by Gasteiger charge is 2.47. The molecule has 0 aromatic heterocycles. The minimum absolute atomic E-state index is 0.0909. The van der Waals surface area contributed by atoms with Crippen molar-refractivity contribution < 1.29 is 26.3 Å². The van der Waals surface area contributed by atoms with Crippen LogP contribution >= 0.6 is 0 Å². The number of alkyl halides is 3. The van der Waals surface area contributed by atoms with Gasteiger partial charge in [-0.05, 0) is 12.1 Å². The van der Waals surface area contributed by atoms with Crippen LogP contribution in [0.15, 0.2) is 29.2 Å². The highest BCUT2D eigenvalue weighted by atomic mass is 32.2. The first-order chi connectivity index (χ1) is 8.30. The number of ether oxygens (including phenoxy) is 1. The average Bonchev–Trinajstić information content (AvgIpc) is 2.28. The van der Waals surface area contributed by atoms with E-state index in [2.05, 4.69) is 5.32 Å². The lowest BCUT2D eigenvalue weighted by molar-refractivity contribution is -0.0435. The lowest BCUT2D eigenvalue weighted by Gasteiger charge is -2.13. The van der Waals surface area contributed by atoms with Gasteiger partial charge in [-0.2, -0.15) is 13.2 Å². The maximum absolute atomic E-state index is 12.4. The first-order valence-electron chi connectivity index (χ1n) is 4.94. The van der Waals surface area contributed by atoms with Crippen molar-refractivity contribution in [2.45, 2.75) is 10.4 Å². The van der Waals surface area contributed by atoms with E-state index in [4.69, 9.17) is 4.74 Å². The summed E-state index contributed by atoms with van der Waals surface area (Å²) in [5.41, 5.74) is -5.40. The molecule has 0 saturated heterocycles. The molecule has 0 aliphatic carbocycles. The predicted molar refractivity (Wildman–Crippen MR) is 60.0 cm³/mol. The summed E-state index contributed by atoms with van der Waals surface area (Å²) in [7, 11) is -3.92. The SMILES string of the molecule is COCCNc1ccccc1S(=O)(=O)C(F)(F)F. The molecule has 0 radical (unpaired) electrons. The minimum Gasteiger partial charge on any atom is -0.383 e. The standard InChI is InChI=1S/C10H12F3NO3S/c1-17-7-6-14-8-4-2-3-5-9(8)18(15,16)10(11,12)13/h2-5,14H,6-7H2,1H3. The Morgan fingerprint density at radius 2 is 1.89 bits per heavy atom. The minimum atomic E-state index is -5.35. The van der Waals surface area contributed by atoms with Crippen molar-refractivity contribution >= 4 is 15.5 Å². The van der Waals surface area contributed by atoms with E-state index in [0.29, 0.717) is 0 Å². The molecule has 1 rings (SSSR count). The first-order valence-corrected chi connectivity index (χ1v) is 6.42. The van der Waals surface area contributed by atoms with Crippen molar-refractivity contribution in [3.63, 3.8) is 0 Å². The Labute approximate surface area is 103 Å². The molecule has 0 fully saturated rings. The summed E-state index contributed by atoms with van der Waals surface area (Å²) >= 11 is 0. The molecule has 4 nitrogen and oxygen atoms in total. The molecule has 102 valence electrons. The van der Waals surface area contributed by atoms with E-state index in [1.165, 1.54) is 25.3 Å². The summed E-state index contributed by atoms with van der Waals surface area (Å²) in [5.74, 6) is 0. The normalized spacial score (nSPS) is 12.4. The van der Waals surface area contributed by atoms with Gasteiger partial charge in [0.15, 0.2) is 0 Å². The molecule has 0 aliphatic rings. The van der Waals surface area contributed by atoms with E-state index in [0.717, 1.165) is 6.07 Å². The second-order valence-electron chi connectivity index (χ2n) is 3.36. The largest absolute Gasteiger partial charge is 0.501 e. The molecule has 0 spiro atoms. The summed E-state index contributed by atoms with van der Waals surface area (Å²) in [5, 5.41) is 2.59. The Balaban J connectivity index is 3.10. The maximum atomic E-state index is 12.4. The lowest BCUT2D eigenvalue weighted by atomic mass is 10.3. The van der Waals surface area contributed by atoms with Crippen molar-refractivity contribution in [3.8, 4) is 0 Å². The number of hydrogen-bond acceptors (Lipinski definition) is 4. The molecule has 0 aliphatic heterocycles. The van der Waals surface area contributed by atoms with Crippen molar-refractivity contribution in [3.05, 3.63) is 24.3 Å². The van der Waals surface area contributed by atoms with Gasteiger partial charge >= 0.3 is 5.51 Å². The molecule has 1 aromatic rings. The monoisotopic (exact) mass is 283 g/mol. The van der Waals surface area contributed by atoms with Crippen LogP contribution in [0, 0.1) is 0 Å². The summed E-state index contributed by atoms with van der Waals surface area (Å²) in [6, 6.07) is 4.87. The van der Waals surface area contributed by atoms with Gasteiger partial charge < -0.3 is 10.1 Å². The second-order valence-corrected chi connectivity index (χ2v) is 5.27. The van der Waals surface area contributed by atoms with E-state index in [1.54, 1.807) is 0 Å². The molecular formula is C10H12F3NO3S. The van der Waals surface area contributed by atoms with E-state index in [9.17, 15) is 21.6 Å². The van der Waals surface area contributed by atoms with Crippen LogP contribution in [0.1, 0.15) is 0 Å². The number of methoxy groups -OCH3 is 1. The molecule has 1 N–H and O–H groups in total. The second kappa shape index (κ2) is 5.57. The van der Waals surface area contributed by atoms with Crippen LogP contribution in [0.25, 0.3) is 0 Å². The van der Waals surface area contributed by atoms with Gasteiger partial charge in [-0.1, -0.05) is 12.1 Å². The third-order valence-electron chi connectivity index (χ3n) is 2.10. The van der Waals surface area contributed by atoms with Crippen LogP contribution < -0.4 is 5.32 Å². The Bertz CT molecular complexity index is 499. The Morgan fingerprint density at radius 3 is 2.44 bits per heavy atom. The Kier molecular flexibility index (Phi) is 4.58. The van der Waals surface area contributed by atoms with E-state index < -0.39 is 20.2 Å². The number of anilines is 1. The smallest absolute Gasteiger partial charge is 0.383 e. The van der Waals surface area contributed by atoms with Gasteiger partial charge in [0.1, 0.15) is 0 Å². The summed E-state index contributed by atoms with van der Waals surface area (Å²) in [4.78, 5) is -0.784. The molecule has 0 saturated carbocycles. The van der Waals surface area contributed by atoms with Crippen LogP contribution in [-0.4, -0.2) is 34.2 Å². The zero-order valence-electron chi connectivity index (χ0n) is 9.49. The van der Waals surface area contributed by atoms with Gasteiger partial charge in [-0.15, -0.1) is 0 Å². The Morgan fingerprint density at radius 1 is 1.28 bits per heavy atom.